The van der Waals surface area contributed by atoms with Crippen LogP contribution in [-0.2, 0) is 15.9 Å². The van der Waals surface area contributed by atoms with E-state index in [1.807, 2.05) is 0 Å². The molecular weight excluding hydrogens is 487 g/mol. The van der Waals surface area contributed by atoms with Crippen LogP contribution in [0.3, 0.4) is 0 Å². The largest absolute Gasteiger partial charge is 0.490 e. The van der Waals surface area contributed by atoms with Gasteiger partial charge in [-0.3, -0.25) is 4.79 Å². The Morgan fingerprint density at radius 3 is 2.50 bits per heavy atom. The molecule has 0 aliphatic rings. The van der Waals surface area contributed by atoms with Gasteiger partial charge in [-0.2, -0.15) is 17.6 Å². The topological polar surface area (TPSA) is 114 Å². The zero-order chi connectivity index (χ0) is 25.3. The summed E-state index contributed by atoms with van der Waals surface area (Å²) in [6.45, 7) is 0. The van der Waals surface area contributed by atoms with E-state index in [0.717, 1.165) is 19.4 Å². The van der Waals surface area contributed by atoms with Gasteiger partial charge in [-0.25, -0.2) is 23.3 Å². The minimum absolute atomic E-state index is 0.0000982. The Bertz CT molecular complexity index is 1360. The number of alkyl halides is 3. The number of methoxy groups -OCH3 is 1. The monoisotopic (exact) mass is 502 g/mol. The Hall–Kier alpha value is -3.81. The fourth-order valence-electron chi connectivity index (χ4n) is 2.63. The Morgan fingerprint density at radius 1 is 1.18 bits per heavy atom. The van der Waals surface area contributed by atoms with Crippen molar-refractivity contribution >= 4 is 21.3 Å². The summed E-state index contributed by atoms with van der Waals surface area (Å²) in [5.74, 6) is -5.87. The first kappa shape index (κ1) is 24.8. The minimum atomic E-state index is -4.96. The van der Waals surface area contributed by atoms with Crippen molar-refractivity contribution in [2.24, 2.45) is 0 Å². The van der Waals surface area contributed by atoms with Gasteiger partial charge in [-0.15, -0.1) is 0 Å². The predicted molar refractivity (Wildman–Crippen MR) is 109 cm³/mol. The lowest BCUT2D eigenvalue weighted by atomic mass is 10.2. The van der Waals surface area contributed by atoms with E-state index in [0.29, 0.717) is 12.3 Å². The first-order valence-corrected chi connectivity index (χ1v) is 11.1. The van der Waals surface area contributed by atoms with Crippen molar-refractivity contribution in [3.8, 4) is 17.4 Å². The van der Waals surface area contributed by atoms with Crippen molar-refractivity contribution in [3.05, 3.63) is 65.6 Å². The second-order valence-electron chi connectivity index (χ2n) is 6.73. The minimum Gasteiger partial charge on any atom is -0.490 e. The molecule has 0 spiro atoms. The number of ether oxygens (including phenoxy) is 2. The van der Waals surface area contributed by atoms with Crippen molar-refractivity contribution in [1.29, 1.82) is 4.78 Å². The number of aromatic nitrogens is 2. The number of hydrogen-bond donors (Lipinski definition) is 2. The molecule has 0 saturated heterocycles. The zero-order valence-electron chi connectivity index (χ0n) is 17.4. The molecule has 0 aliphatic heterocycles. The quantitative estimate of drug-likeness (QED) is 0.466. The maximum absolute atomic E-state index is 14.0. The van der Waals surface area contributed by atoms with E-state index in [2.05, 4.69) is 15.3 Å². The number of hydrogen-bond acceptors (Lipinski definition) is 7. The molecule has 0 radical (unpaired) electrons. The van der Waals surface area contributed by atoms with Gasteiger partial charge in [0, 0.05) is 16.8 Å². The van der Waals surface area contributed by atoms with Crippen LogP contribution in [0.15, 0.2) is 47.5 Å². The Labute approximate surface area is 189 Å². The molecule has 0 aliphatic carbocycles. The van der Waals surface area contributed by atoms with Gasteiger partial charge >= 0.3 is 6.18 Å². The van der Waals surface area contributed by atoms with Crippen LogP contribution in [0, 0.1) is 16.4 Å². The number of nitrogens with zero attached hydrogens (tertiary/aromatic N) is 2. The summed E-state index contributed by atoms with van der Waals surface area (Å²) in [5.41, 5.74) is -2.45. The number of nitrogens with one attached hydrogen (secondary N) is 2. The standard InChI is InChI=1S/C20H15F5N4O4S/c1-32-17-13(7-6-12(21)15(17)22)33-19-16(29-14(9-27-19)20(23,24)25)18(30)28-10-4-3-5-11(8-10)34(2,26)31/h3-9,26H,1-2H3,(H,28,30). The lowest BCUT2D eigenvalue weighted by Gasteiger charge is -2.14. The normalized spacial score (nSPS) is 13.1. The second-order valence-corrected chi connectivity index (χ2v) is 8.89. The third-order valence-electron chi connectivity index (χ3n) is 4.21. The molecule has 1 unspecified atom stereocenters. The van der Waals surface area contributed by atoms with Crippen LogP contribution < -0.4 is 14.8 Å². The summed E-state index contributed by atoms with van der Waals surface area (Å²) >= 11 is 0. The van der Waals surface area contributed by atoms with Gasteiger partial charge in [0.25, 0.3) is 11.8 Å². The molecule has 2 aromatic carbocycles. The number of amides is 1. The van der Waals surface area contributed by atoms with E-state index < -0.39 is 62.2 Å². The lowest BCUT2D eigenvalue weighted by Crippen LogP contribution is -2.19. The lowest BCUT2D eigenvalue weighted by molar-refractivity contribution is -0.141. The van der Waals surface area contributed by atoms with Gasteiger partial charge < -0.3 is 14.8 Å². The molecule has 0 saturated carbocycles. The third-order valence-corrected chi connectivity index (χ3v) is 5.36. The van der Waals surface area contributed by atoms with Gasteiger partial charge in [0.15, 0.2) is 23.0 Å². The van der Waals surface area contributed by atoms with Crippen molar-refractivity contribution in [2.75, 3.05) is 18.7 Å². The first-order valence-electron chi connectivity index (χ1n) is 9.10. The summed E-state index contributed by atoms with van der Waals surface area (Å²) in [6.07, 6.45) is -3.52. The van der Waals surface area contributed by atoms with E-state index in [-0.39, 0.29) is 10.6 Å². The molecule has 8 nitrogen and oxygen atoms in total. The van der Waals surface area contributed by atoms with Crippen LogP contribution in [0.2, 0.25) is 0 Å². The smallest absolute Gasteiger partial charge is 0.434 e. The molecule has 34 heavy (non-hydrogen) atoms. The number of rotatable bonds is 6. The van der Waals surface area contributed by atoms with Crippen LogP contribution in [0.4, 0.5) is 27.6 Å². The summed E-state index contributed by atoms with van der Waals surface area (Å²) in [5, 5.41) is 2.26. The molecular formula is C20H15F5N4O4S. The SMILES string of the molecule is COc1c(Oc2ncc(C(F)(F)F)nc2C(=O)Nc2cccc(S(C)(=N)=O)c2)ccc(F)c1F. The number of halogens is 5. The Balaban J connectivity index is 2.05. The van der Waals surface area contributed by atoms with Gasteiger partial charge in [-0.05, 0) is 30.3 Å². The highest BCUT2D eigenvalue weighted by Gasteiger charge is 2.35. The molecule has 14 heteroatoms. The second kappa shape index (κ2) is 9.21. The van der Waals surface area contributed by atoms with Gasteiger partial charge in [-0.1, -0.05) is 6.07 Å². The van der Waals surface area contributed by atoms with Gasteiger partial charge in [0.05, 0.1) is 23.0 Å². The molecule has 3 aromatic rings. The molecule has 1 heterocycles. The van der Waals surface area contributed by atoms with E-state index in [1.165, 1.54) is 24.3 Å². The van der Waals surface area contributed by atoms with Gasteiger partial charge in [0.2, 0.25) is 11.6 Å². The van der Waals surface area contributed by atoms with Crippen molar-refractivity contribution in [1.82, 2.24) is 9.97 Å². The van der Waals surface area contributed by atoms with E-state index in [1.54, 1.807) is 0 Å². The molecule has 1 aromatic heterocycles. The fraction of sp³-hybridized carbons (Fsp3) is 0.150. The maximum atomic E-state index is 14.0. The summed E-state index contributed by atoms with van der Waals surface area (Å²) in [6, 6.07) is 6.90. The summed E-state index contributed by atoms with van der Waals surface area (Å²) in [7, 11) is -2.15. The average molecular weight is 502 g/mol. The molecule has 0 bridgehead atoms. The third kappa shape index (κ3) is 5.39. The van der Waals surface area contributed by atoms with Crippen LogP contribution in [0.1, 0.15) is 16.2 Å². The number of anilines is 1. The van der Waals surface area contributed by atoms with E-state index in [9.17, 15) is 31.0 Å². The highest BCUT2D eigenvalue weighted by molar-refractivity contribution is 7.91. The Morgan fingerprint density at radius 2 is 1.88 bits per heavy atom. The highest BCUT2D eigenvalue weighted by atomic mass is 32.2. The summed E-state index contributed by atoms with van der Waals surface area (Å²) in [4.78, 5) is 19.6. The first-order chi connectivity index (χ1) is 15.8. The Kier molecular flexibility index (Phi) is 6.72. The van der Waals surface area contributed by atoms with E-state index in [4.69, 9.17) is 14.3 Å². The molecule has 0 fully saturated rings. The van der Waals surface area contributed by atoms with Crippen LogP contribution >= 0.6 is 0 Å². The van der Waals surface area contributed by atoms with Crippen molar-refractivity contribution < 1.29 is 40.4 Å². The number of carbonyl (C=O) groups is 1. The molecule has 1 atom stereocenters. The molecule has 3 rings (SSSR count). The number of carbonyl (C=O) groups excluding carboxylic acids is 1. The van der Waals surface area contributed by atoms with E-state index >= 15 is 0 Å². The molecule has 180 valence electrons. The van der Waals surface area contributed by atoms with Crippen LogP contribution in [0.25, 0.3) is 0 Å². The zero-order valence-corrected chi connectivity index (χ0v) is 18.2. The van der Waals surface area contributed by atoms with Crippen LogP contribution in [0.5, 0.6) is 17.4 Å². The number of benzene rings is 2. The predicted octanol–water partition coefficient (Wildman–Crippen LogP) is 4.86. The van der Waals surface area contributed by atoms with Crippen molar-refractivity contribution in [3.63, 3.8) is 0 Å². The highest BCUT2D eigenvalue weighted by Crippen LogP contribution is 2.36. The van der Waals surface area contributed by atoms with Gasteiger partial charge in [0.1, 0.15) is 0 Å². The average Bonchev–Trinajstić information content (AvgIpc) is 2.75. The van der Waals surface area contributed by atoms with Crippen molar-refractivity contribution in [2.45, 2.75) is 11.1 Å². The maximum Gasteiger partial charge on any atom is 0.434 e. The van der Waals surface area contributed by atoms with Crippen LogP contribution in [-0.4, -0.2) is 33.4 Å². The molecule has 1 amide bonds. The fourth-order valence-corrected chi connectivity index (χ4v) is 3.32. The summed E-state index contributed by atoms with van der Waals surface area (Å²) < 4.78 is 96.5. The molecule has 2 N–H and O–H groups in total.